The highest BCUT2D eigenvalue weighted by Crippen LogP contribution is 2.44. The Kier molecular flexibility index (Phi) is 36.8. The lowest BCUT2D eigenvalue weighted by atomic mass is 9.67. The van der Waals surface area contributed by atoms with Crippen molar-refractivity contribution in [3.8, 4) is 0 Å². The SMILES string of the molecule is CCCCCCCCCC(CCCCCCCCC)CC(CCCCC)(CC(CCCCCCCCC)CCCCCCCCC)C(=O)O. The van der Waals surface area contributed by atoms with E-state index in [0.717, 1.165) is 25.7 Å². The van der Waals surface area contributed by atoms with Gasteiger partial charge in [0.2, 0.25) is 0 Å². The van der Waals surface area contributed by atoms with E-state index in [1.165, 1.54) is 218 Å². The first-order chi connectivity index (χ1) is 24.0. The number of carbonyl (C=O) groups is 1. The molecule has 0 bridgehead atoms. The summed E-state index contributed by atoms with van der Waals surface area (Å²) >= 11 is 0. The minimum Gasteiger partial charge on any atom is -0.481 e. The van der Waals surface area contributed by atoms with Crippen molar-refractivity contribution in [3.63, 3.8) is 0 Å². The molecule has 0 unspecified atom stereocenters. The molecule has 0 heterocycles. The first-order valence-corrected chi connectivity index (χ1v) is 23.2. The number of rotatable bonds is 41. The molecule has 0 aromatic rings. The van der Waals surface area contributed by atoms with E-state index in [0.29, 0.717) is 11.8 Å². The summed E-state index contributed by atoms with van der Waals surface area (Å²) in [6, 6.07) is 0. The van der Waals surface area contributed by atoms with E-state index in [1.807, 2.05) is 0 Å². The average Bonchev–Trinajstić information content (AvgIpc) is 3.09. The maximum Gasteiger partial charge on any atom is 0.309 e. The van der Waals surface area contributed by atoms with Crippen molar-refractivity contribution in [3.05, 3.63) is 0 Å². The van der Waals surface area contributed by atoms with Crippen LogP contribution in [0.5, 0.6) is 0 Å². The molecule has 1 N–H and O–H groups in total. The standard InChI is InChI=1S/C47H94O2/c1-6-11-16-20-24-28-32-37-44(38-33-29-25-21-17-12-7-2)42-47(46(48)49,41-36-15-10-5)43-45(39-34-30-26-22-18-13-8-3)40-35-31-27-23-19-14-9-4/h44-45H,6-43H2,1-5H3,(H,48,49). The van der Waals surface area contributed by atoms with Gasteiger partial charge >= 0.3 is 5.97 Å². The number of hydrogen-bond donors (Lipinski definition) is 1. The fourth-order valence-corrected chi connectivity index (χ4v) is 8.64. The monoisotopic (exact) mass is 691 g/mol. The summed E-state index contributed by atoms with van der Waals surface area (Å²) in [5.74, 6) is 0.723. The van der Waals surface area contributed by atoms with Crippen LogP contribution in [0, 0.1) is 17.3 Å². The maximum atomic E-state index is 13.6. The summed E-state index contributed by atoms with van der Waals surface area (Å²) in [5, 5.41) is 11.2. The Hall–Kier alpha value is -0.530. The number of carboxylic acids is 1. The third-order valence-corrected chi connectivity index (χ3v) is 11.9. The van der Waals surface area contributed by atoms with E-state index >= 15 is 0 Å². The average molecular weight is 691 g/mol. The molecule has 0 atom stereocenters. The van der Waals surface area contributed by atoms with Gasteiger partial charge in [-0.2, -0.15) is 0 Å². The fourth-order valence-electron chi connectivity index (χ4n) is 8.64. The van der Waals surface area contributed by atoms with E-state index in [-0.39, 0.29) is 0 Å². The fraction of sp³-hybridized carbons (Fsp3) is 0.979. The highest BCUT2D eigenvalue weighted by atomic mass is 16.4. The van der Waals surface area contributed by atoms with Gasteiger partial charge in [0.1, 0.15) is 0 Å². The van der Waals surface area contributed by atoms with Gasteiger partial charge in [0, 0.05) is 0 Å². The predicted molar refractivity (Wildman–Crippen MR) is 221 cm³/mol. The number of carboxylic acid groups (broad SMARTS) is 1. The number of unbranched alkanes of at least 4 members (excludes halogenated alkanes) is 26. The maximum absolute atomic E-state index is 13.6. The second-order valence-electron chi connectivity index (χ2n) is 16.8. The zero-order valence-electron chi connectivity index (χ0n) is 34.9. The molecule has 0 aromatic heterocycles. The molecule has 2 nitrogen and oxygen atoms in total. The lowest BCUT2D eigenvalue weighted by molar-refractivity contribution is -0.152. The molecule has 294 valence electrons. The molecule has 49 heavy (non-hydrogen) atoms. The second kappa shape index (κ2) is 37.2. The van der Waals surface area contributed by atoms with Crippen LogP contribution in [0.1, 0.15) is 279 Å². The molecule has 0 aromatic carbocycles. The molecule has 0 radical (unpaired) electrons. The lowest BCUT2D eigenvalue weighted by Gasteiger charge is -2.37. The molecular weight excluding hydrogens is 597 g/mol. The van der Waals surface area contributed by atoms with Gasteiger partial charge in [0.05, 0.1) is 5.41 Å². The van der Waals surface area contributed by atoms with Crippen LogP contribution in [0.4, 0.5) is 0 Å². The van der Waals surface area contributed by atoms with Crippen LogP contribution in [0.15, 0.2) is 0 Å². The normalized spacial score (nSPS) is 12.1. The van der Waals surface area contributed by atoms with Gasteiger partial charge in [-0.05, 0) is 31.1 Å². The van der Waals surface area contributed by atoms with Gasteiger partial charge in [-0.25, -0.2) is 0 Å². The van der Waals surface area contributed by atoms with E-state index in [4.69, 9.17) is 0 Å². The Morgan fingerprint density at radius 1 is 0.367 bits per heavy atom. The van der Waals surface area contributed by atoms with Crippen molar-refractivity contribution in [1.82, 2.24) is 0 Å². The predicted octanol–water partition coefficient (Wildman–Crippen LogP) is 17.2. The molecule has 0 fully saturated rings. The number of aliphatic carboxylic acids is 1. The zero-order valence-corrected chi connectivity index (χ0v) is 34.9. The summed E-state index contributed by atoms with van der Waals surface area (Å²) in [4.78, 5) is 13.6. The Morgan fingerprint density at radius 3 is 0.837 bits per heavy atom. The second-order valence-corrected chi connectivity index (χ2v) is 16.8. The first-order valence-electron chi connectivity index (χ1n) is 23.2. The molecule has 0 amide bonds. The van der Waals surface area contributed by atoms with Crippen LogP contribution in [-0.2, 0) is 4.79 Å². The van der Waals surface area contributed by atoms with Gasteiger partial charge < -0.3 is 5.11 Å². The number of hydrogen-bond acceptors (Lipinski definition) is 1. The Labute approximate surface area is 310 Å². The topological polar surface area (TPSA) is 37.3 Å². The molecule has 0 spiro atoms. The van der Waals surface area contributed by atoms with E-state index < -0.39 is 11.4 Å². The molecule has 0 aliphatic heterocycles. The third-order valence-electron chi connectivity index (χ3n) is 11.9. The van der Waals surface area contributed by atoms with E-state index in [9.17, 15) is 9.90 Å². The first kappa shape index (κ1) is 48.5. The molecule has 0 aliphatic carbocycles. The van der Waals surface area contributed by atoms with Crippen LogP contribution in [-0.4, -0.2) is 11.1 Å². The van der Waals surface area contributed by atoms with E-state index in [2.05, 4.69) is 34.6 Å². The van der Waals surface area contributed by atoms with Crippen LogP contribution >= 0.6 is 0 Å². The Morgan fingerprint density at radius 2 is 0.592 bits per heavy atom. The van der Waals surface area contributed by atoms with Crippen molar-refractivity contribution in [2.24, 2.45) is 17.3 Å². The van der Waals surface area contributed by atoms with Crippen molar-refractivity contribution in [2.75, 3.05) is 0 Å². The third kappa shape index (κ3) is 29.7. The van der Waals surface area contributed by atoms with Gasteiger partial charge in [0.25, 0.3) is 0 Å². The highest BCUT2D eigenvalue weighted by Gasteiger charge is 2.41. The van der Waals surface area contributed by atoms with Crippen LogP contribution in [0.25, 0.3) is 0 Å². The van der Waals surface area contributed by atoms with Crippen LogP contribution < -0.4 is 0 Å². The van der Waals surface area contributed by atoms with Gasteiger partial charge in [-0.1, -0.05) is 259 Å². The molecule has 2 heteroatoms. The molecule has 0 saturated carbocycles. The highest BCUT2D eigenvalue weighted by molar-refractivity contribution is 5.74. The smallest absolute Gasteiger partial charge is 0.309 e. The largest absolute Gasteiger partial charge is 0.481 e. The van der Waals surface area contributed by atoms with Crippen molar-refractivity contribution >= 4 is 5.97 Å². The Bertz CT molecular complexity index is 578. The molecular formula is C47H94O2. The van der Waals surface area contributed by atoms with Crippen LogP contribution in [0.2, 0.25) is 0 Å². The summed E-state index contributed by atoms with van der Waals surface area (Å²) in [6.07, 6.45) is 49.1. The minimum atomic E-state index is -0.519. The lowest BCUT2D eigenvalue weighted by Crippen LogP contribution is -2.36. The van der Waals surface area contributed by atoms with E-state index in [1.54, 1.807) is 0 Å². The minimum absolute atomic E-state index is 0.447. The summed E-state index contributed by atoms with van der Waals surface area (Å²) < 4.78 is 0. The summed E-state index contributed by atoms with van der Waals surface area (Å²) in [7, 11) is 0. The van der Waals surface area contributed by atoms with Crippen molar-refractivity contribution in [1.29, 1.82) is 0 Å². The quantitative estimate of drug-likeness (QED) is 0.0648. The molecule has 0 aliphatic rings. The Balaban J connectivity index is 5.72. The van der Waals surface area contributed by atoms with Gasteiger partial charge in [0.15, 0.2) is 0 Å². The summed E-state index contributed by atoms with van der Waals surface area (Å²) in [6.45, 7) is 11.5. The van der Waals surface area contributed by atoms with Gasteiger partial charge in [-0.15, -0.1) is 0 Å². The van der Waals surface area contributed by atoms with Gasteiger partial charge in [-0.3, -0.25) is 4.79 Å². The summed E-state index contributed by atoms with van der Waals surface area (Å²) in [5.41, 5.74) is -0.519. The molecule has 0 saturated heterocycles. The molecule has 0 rings (SSSR count). The van der Waals surface area contributed by atoms with Crippen LogP contribution in [0.3, 0.4) is 0 Å². The van der Waals surface area contributed by atoms with Crippen molar-refractivity contribution in [2.45, 2.75) is 279 Å². The zero-order chi connectivity index (χ0) is 36.1. The van der Waals surface area contributed by atoms with Crippen molar-refractivity contribution < 1.29 is 9.90 Å².